The summed E-state index contributed by atoms with van der Waals surface area (Å²) in [4.78, 5) is 0. The summed E-state index contributed by atoms with van der Waals surface area (Å²) in [5, 5.41) is 9.77. The summed E-state index contributed by atoms with van der Waals surface area (Å²) in [6, 6.07) is -0.124. The molecular weight excluding hydrogens is 154 g/mol. The lowest BCUT2D eigenvalue weighted by atomic mass is 9.86. The Morgan fingerprint density at radius 1 is 1.58 bits per heavy atom. The molecule has 1 aliphatic heterocycles. The molecule has 0 aromatic rings. The molecule has 0 spiro atoms. The average Bonchev–Trinajstić information content (AvgIpc) is 1.99. The van der Waals surface area contributed by atoms with Crippen LogP contribution in [-0.4, -0.2) is 30.0 Å². The predicted octanol–water partition coefficient (Wildman–Crippen LogP) is 0.511. The third-order valence-electron chi connectivity index (χ3n) is 2.75. The molecule has 3 N–H and O–H groups in total. The zero-order chi connectivity index (χ0) is 9.19. The van der Waals surface area contributed by atoms with E-state index >= 15 is 0 Å². The summed E-state index contributed by atoms with van der Waals surface area (Å²) < 4.78 is 4.94. The first-order chi connectivity index (χ1) is 5.58. The van der Waals surface area contributed by atoms with E-state index in [0.29, 0.717) is 19.1 Å². The first-order valence-electron chi connectivity index (χ1n) is 4.64. The third-order valence-corrected chi connectivity index (χ3v) is 2.75. The standard InChI is InChI=1S/C9H19NO2/c1-3-7(2)4-8(10)9(11)5-12-6-9/h7-8,11H,3-6,10H2,1-2H3. The quantitative estimate of drug-likeness (QED) is 0.651. The first-order valence-corrected chi connectivity index (χ1v) is 4.64. The lowest BCUT2D eigenvalue weighted by molar-refractivity contribution is -0.191. The van der Waals surface area contributed by atoms with Gasteiger partial charge in [-0.2, -0.15) is 0 Å². The van der Waals surface area contributed by atoms with Crippen molar-refractivity contribution in [3.8, 4) is 0 Å². The molecule has 0 amide bonds. The van der Waals surface area contributed by atoms with E-state index in [2.05, 4.69) is 13.8 Å². The van der Waals surface area contributed by atoms with Crippen molar-refractivity contribution >= 4 is 0 Å². The Hall–Kier alpha value is -0.120. The lowest BCUT2D eigenvalue weighted by Crippen LogP contribution is -2.61. The van der Waals surface area contributed by atoms with Crippen molar-refractivity contribution in [2.75, 3.05) is 13.2 Å². The van der Waals surface area contributed by atoms with Crippen LogP contribution in [0.3, 0.4) is 0 Å². The SMILES string of the molecule is CCC(C)CC(N)C1(O)COC1. The maximum absolute atomic E-state index is 9.77. The minimum atomic E-state index is -0.733. The molecule has 0 saturated carbocycles. The number of nitrogens with two attached hydrogens (primary N) is 1. The van der Waals surface area contributed by atoms with E-state index in [9.17, 15) is 5.11 Å². The molecule has 1 saturated heterocycles. The Labute approximate surface area is 73.9 Å². The van der Waals surface area contributed by atoms with Crippen LogP contribution in [0.25, 0.3) is 0 Å². The van der Waals surface area contributed by atoms with E-state index in [1.165, 1.54) is 0 Å². The fourth-order valence-electron chi connectivity index (χ4n) is 1.34. The van der Waals surface area contributed by atoms with Crippen LogP contribution in [0.15, 0.2) is 0 Å². The van der Waals surface area contributed by atoms with Crippen molar-refractivity contribution in [3.05, 3.63) is 0 Å². The number of rotatable bonds is 4. The zero-order valence-electron chi connectivity index (χ0n) is 7.92. The Morgan fingerprint density at radius 3 is 2.50 bits per heavy atom. The monoisotopic (exact) mass is 173 g/mol. The van der Waals surface area contributed by atoms with Gasteiger partial charge in [0.15, 0.2) is 0 Å². The van der Waals surface area contributed by atoms with E-state index in [1.54, 1.807) is 0 Å². The molecule has 0 aliphatic carbocycles. The van der Waals surface area contributed by atoms with Crippen LogP contribution in [0.2, 0.25) is 0 Å². The maximum atomic E-state index is 9.77. The minimum absolute atomic E-state index is 0.124. The lowest BCUT2D eigenvalue weighted by Gasteiger charge is -2.41. The van der Waals surface area contributed by atoms with Crippen LogP contribution in [-0.2, 0) is 4.74 Å². The van der Waals surface area contributed by atoms with Gasteiger partial charge in [-0.15, -0.1) is 0 Å². The van der Waals surface area contributed by atoms with Crippen LogP contribution in [0.5, 0.6) is 0 Å². The summed E-state index contributed by atoms with van der Waals surface area (Å²) in [5.41, 5.74) is 5.13. The van der Waals surface area contributed by atoms with Crippen molar-refractivity contribution < 1.29 is 9.84 Å². The molecular formula is C9H19NO2. The smallest absolute Gasteiger partial charge is 0.126 e. The molecule has 0 aromatic heterocycles. The van der Waals surface area contributed by atoms with E-state index < -0.39 is 5.60 Å². The Bertz CT molecular complexity index is 145. The summed E-state index contributed by atoms with van der Waals surface area (Å²) in [6.45, 7) is 5.11. The third kappa shape index (κ3) is 1.97. The normalized spacial score (nSPS) is 26.0. The van der Waals surface area contributed by atoms with Crippen LogP contribution < -0.4 is 5.73 Å². The number of hydrogen-bond acceptors (Lipinski definition) is 3. The topological polar surface area (TPSA) is 55.5 Å². The van der Waals surface area contributed by atoms with Gasteiger partial charge in [0, 0.05) is 6.04 Å². The van der Waals surface area contributed by atoms with E-state index in [1.807, 2.05) is 0 Å². The summed E-state index contributed by atoms with van der Waals surface area (Å²) in [7, 11) is 0. The van der Waals surface area contributed by atoms with Crippen LogP contribution in [0.4, 0.5) is 0 Å². The van der Waals surface area contributed by atoms with Gasteiger partial charge in [0.1, 0.15) is 5.60 Å². The molecule has 72 valence electrons. The minimum Gasteiger partial charge on any atom is -0.383 e. The molecule has 12 heavy (non-hydrogen) atoms. The van der Waals surface area contributed by atoms with Gasteiger partial charge >= 0.3 is 0 Å². The highest BCUT2D eigenvalue weighted by molar-refractivity contribution is 4.95. The van der Waals surface area contributed by atoms with Gasteiger partial charge in [-0.1, -0.05) is 20.3 Å². The van der Waals surface area contributed by atoms with E-state index in [-0.39, 0.29) is 6.04 Å². The zero-order valence-corrected chi connectivity index (χ0v) is 7.92. The average molecular weight is 173 g/mol. The number of ether oxygens (including phenoxy) is 1. The second kappa shape index (κ2) is 3.73. The first kappa shape index (κ1) is 9.96. The Kier molecular flexibility index (Phi) is 3.09. The van der Waals surface area contributed by atoms with Gasteiger partial charge in [0.25, 0.3) is 0 Å². The second-order valence-electron chi connectivity index (χ2n) is 3.95. The predicted molar refractivity (Wildman–Crippen MR) is 47.8 cm³/mol. The molecule has 1 heterocycles. The molecule has 1 rings (SSSR count). The molecule has 0 bridgehead atoms. The van der Waals surface area contributed by atoms with Crippen molar-refractivity contribution in [1.29, 1.82) is 0 Å². The number of aliphatic hydroxyl groups is 1. The highest BCUT2D eigenvalue weighted by atomic mass is 16.5. The van der Waals surface area contributed by atoms with E-state index in [4.69, 9.17) is 10.5 Å². The highest BCUT2D eigenvalue weighted by Gasteiger charge is 2.42. The molecule has 3 nitrogen and oxygen atoms in total. The van der Waals surface area contributed by atoms with Gasteiger partial charge in [-0.05, 0) is 12.3 Å². The van der Waals surface area contributed by atoms with Gasteiger partial charge in [-0.25, -0.2) is 0 Å². The largest absolute Gasteiger partial charge is 0.383 e. The molecule has 2 unspecified atom stereocenters. The Balaban J connectivity index is 2.31. The fourth-order valence-corrected chi connectivity index (χ4v) is 1.34. The van der Waals surface area contributed by atoms with Crippen molar-refractivity contribution in [2.45, 2.75) is 38.3 Å². The van der Waals surface area contributed by atoms with E-state index in [0.717, 1.165) is 12.8 Å². The summed E-state index contributed by atoms with van der Waals surface area (Å²) in [6.07, 6.45) is 2.00. The fraction of sp³-hybridized carbons (Fsp3) is 1.00. The van der Waals surface area contributed by atoms with Crippen LogP contribution in [0, 0.1) is 5.92 Å². The number of hydrogen-bond donors (Lipinski definition) is 2. The van der Waals surface area contributed by atoms with Crippen molar-refractivity contribution in [1.82, 2.24) is 0 Å². The molecule has 1 fully saturated rings. The molecule has 2 atom stereocenters. The molecule has 1 aliphatic rings. The summed E-state index contributed by atoms with van der Waals surface area (Å²) in [5.74, 6) is 0.588. The van der Waals surface area contributed by atoms with Crippen LogP contribution in [0.1, 0.15) is 26.7 Å². The van der Waals surface area contributed by atoms with Crippen molar-refractivity contribution in [2.24, 2.45) is 11.7 Å². The molecule has 0 aromatic carbocycles. The second-order valence-corrected chi connectivity index (χ2v) is 3.95. The molecule has 0 radical (unpaired) electrons. The highest BCUT2D eigenvalue weighted by Crippen LogP contribution is 2.24. The molecule has 3 heteroatoms. The van der Waals surface area contributed by atoms with Crippen LogP contribution >= 0.6 is 0 Å². The van der Waals surface area contributed by atoms with Gasteiger partial charge < -0.3 is 15.6 Å². The Morgan fingerprint density at radius 2 is 2.17 bits per heavy atom. The van der Waals surface area contributed by atoms with Gasteiger partial charge in [-0.3, -0.25) is 0 Å². The van der Waals surface area contributed by atoms with Gasteiger partial charge in [0.2, 0.25) is 0 Å². The van der Waals surface area contributed by atoms with Crippen molar-refractivity contribution in [3.63, 3.8) is 0 Å². The summed E-state index contributed by atoms with van der Waals surface area (Å²) >= 11 is 0. The maximum Gasteiger partial charge on any atom is 0.126 e. The van der Waals surface area contributed by atoms with Gasteiger partial charge in [0.05, 0.1) is 13.2 Å².